The summed E-state index contributed by atoms with van der Waals surface area (Å²) < 4.78 is 16.0. The smallest absolute Gasteiger partial charge is 0.387 e. The molecule has 1 fully saturated rings. The lowest BCUT2D eigenvalue weighted by Crippen LogP contribution is -2.56. The van der Waals surface area contributed by atoms with Crippen molar-refractivity contribution in [1.29, 1.82) is 0 Å². The molecule has 0 spiro atoms. The molecule has 0 saturated heterocycles. The average Bonchev–Trinajstić information content (AvgIpc) is 2.51. The van der Waals surface area contributed by atoms with Crippen molar-refractivity contribution in [2.45, 2.75) is 56.8 Å². The fourth-order valence-corrected chi connectivity index (χ4v) is 4.69. The van der Waals surface area contributed by atoms with Gasteiger partial charge < -0.3 is 28.8 Å². The molecule has 1 amide bonds. The first-order valence-electron chi connectivity index (χ1n) is 8.01. The number of nitrogens with one attached hydrogen (secondary N) is 1. The zero-order chi connectivity index (χ0) is 17.7. The van der Waals surface area contributed by atoms with Gasteiger partial charge in [-0.2, -0.15) is 0 Å². The highest BCUT2D eigenvalue weighted by Gasteiger charge is 2.48. The highest BCUT2D eigenvalue weighted by Crippen LogP contribution is 2.39. The molecule has 1 rings (SSSR count). The predicted octanol–water partition coefficient (Wildman–Crippen LogP) is 0.673. The van der Waals surface area contributed by atoms with Crippen molar-refractivity contribution in [3.05, 3.63) is 0 Å². The molecule has 0 aromatic carbocycles. The van der Waals surface area contributed by atoms with Gasteiger partial charge in [0.15, 0.2) is 0 Å². The van der Waals surface area contributed by atoms with Gasteiger partial charge in [-0.15, -0.1) is 0 Å². The fourth-order valence-electron chi connectivity index (χ4n) is 2.97. The van der Waals surface area contributed by atoms with Crippen molar-refractivity contribution in [3.8, 4) is 0 Å². The van der Waals surface area contributed by atoms with E-state index in [0.717, 1.165) is 0 Å². The second kappa shape index (κ2) is 8.04. The van der Waals surface area contributed by atoms with Gasteiger partial charge >= 0.3 is 8.80 Å². The van der Waals surface area contributed by atoms with Crippen LogP contribution in [-0.2, 0) is 18.1 Å². The summed E-state index contributed by atoms with van der Waals surface area (Å²) in [6.45, 7) is 3.70. The van der Waals surface area contributed by atoms with Gasteiger partial charge in [-0.1, -0.05) is 0 Å². The van der Waals surface area contributed by atoms with Crippen molar-refractivity contribution < 1.29 is 28.3 Å². The Labute approximate surface area is 139 Å². The van der Waals surface area contributed by atoms with E-state index in [0.29, 0.717) is 31.9 Å². The Morgan fingerprint density at radius 1 is 1.17 bits per heavy atom. The fraction of sp³-hybridized carbons (Fsp3) is 0.933. The molecular weight excluding hydrogens is 318 g/mol. The molecule has 0 aromatic rings. The summed E-state index contributed by atoms with van der Waals surface area (Å²) in [4.78, 5) is 12.2. The molecule has 7 nitrogen and oxygen atoms in total. The van der Waals surface area contributed by atoms with Gasteiger partial charge in [0.05, 0.1) is 11.2 Å². The number of hydrogen-bond acceptors (Lipinski definition) is 6. The molecule has 3 atom stereocenters. The van der Waals surface area contributed by atoms with Gasteiger partial charge in [0.25, 0.3) is 0 Å². The van der Waals surface area contributed by atoms with Gasteiger partial charge in [0, 0.05) is 39.8 Å². The van der Waals surface area contributed by atoms with E-state index in [1.807, 2.05) is 0 Å². The Morgan fingerprint density at radius 2 is 1.74 bits per heavy atom. The van der Waals surface area contributed by atoms with Gasteiger partial charge in [0.1, 0.15) is 0 Å². The lowest BCUT2D eigenvalue weighted by atomic mass is 9.69. The molecule has 0 aliphatic heterocycles. The lowest BCUT2D eigenvalue weighted by molar-refractivity contribution is -0.170. The van der Waals surface area contributed by atoms with Crippen LogP contribution >= 0.6 is 0 Å². The highest BCUT2D eigenvalue weighted by atomic mass is 28.4. The molecule has 0 aromatic heterocycles. The van der Waals surface area contributed by atoms with Crippen LogP contribution in [-0.4, -0.2) is 64.0 Å². The number of carbonyl (C=O) groups excluding carboxylic acids is 1. The van der Waals surface area contributed by atoms with E-state index in [1.54, 1.807) is 35.2 Å². The molecule has 0 heterocycles. The molecule has 3 unspecified atom stereocenters. The minimum Gasteiger partial charge on any atom is -0.387 e. The van der Waals surface area contributed by atoms with E-state index >= 15 is 0 Å². The number of carbonyl (C=O) groups is 1. The highest BCUT2D eigenvalue weighted by molar-refractivity contribution is 6.60. The Morgan fingerprint density at radius 3 is 2.22 bits per heavy atom. The topological polar surface area (TPSA) is 97.3 Å². The molecule has 1 saturated carbocycles. The zero-order valence-electron chi connectivity index (χ0n) is 14.8. The molecule has 0 bridgehead atoms. The molecule has 23 heavy (non-hydrogen) atoms. The molecule has 0 radical (unpaired) electrons. The van der Waals surface area contributed by atoms with Crippen molar-refractivity contribution in [2.24, 2.45) is 5.92 Å². The first-order chi connectivity index (χ1) is 10.6. The third kappa shape index (κ3) is 4.98. The Hall–Kier alpha value is -0.513. The van der Waals surface area contributed by atoms with Crippen LogP contribution in [0.4, 0.5) is 0 Å². The summed E-state index contributed by atoms with van der Waals surface area (Å²) in [5.74, 6) is -0.361. The zero-order valence-corrected chi connectivity index (χ0v) is 15.8. The third-order valence-corrected chi connectivity index (χ3v) is 7.88. The maximum absolute atomic E-state index is 12.2. The van der Waals surface area contributed by atoms with E-state index in [-0.39, 0.29) is 18.2 Å². The van der Waals surface area contributed by atoms with Crippen molar-refractivity contribution in [2.75, 3.05) is 27.9 Å². The molecule has 3 N–H and O–H groups in total. The second-order valence-electron chi connectivity index (χ2n) is 6.68. The summed E-state index contributed by atoms with van der Waals surface area (Å²) in [5.41, 5.74) is -2.40. The first-order valence-corrected chi connectivity index (χ1v) is 9.94. The monoisotopic (exact) mass is 349 g/mol. The van der Waals surface area contributed by atoms with Crippen LogP contribution in [0, 0.1) is 5.92 Å². The maximum Gasteiger partial charge on any atom is 0.500 e. The molecule has 1 aliphatic carbocycles. The number of rotatable bonds is 8. The van der Waals surface area contributed by atoms with E-state index < -0.39 is 20.0 Å². The van der Waals surface area contributed by atoms with Gasteiger partial charge in [-0.3, -0.25) is 4.79 Å². The van der Waals surface area contributed by atoms with Crippen molar-refractivity contribution >= 4 is 14.7 Å². The predicted molar refractivity (Wildman–Crippen MR) is 87.8 cm³/mol. The summed E-state index contributed by atoms with van der Waals surface area (Å²) in [5, 5.41) is 23.4. The Balaban J connectivity index is 2.41. The molecule has 8 heteroatoms. The van der Waals surface area contributed by atoms with E-state index in [9.17, 15) is 15.0 Å². The van der Waals surface area contributed by atoms with Gasteiger partial charge in [-0.05, 0) is 39.5 Å². The minimum absolute atomic E-state index is 0.0831. The van der Waals surface area contributed by atoms with Crippen molar-refractivity contribution in [3.63, 3.8) is 0 Å². The van der Waals surface area contributed by atoms with Crippen LogP contribution in [0.5, 0.6) is 0 Å². The summed E-state index contributed by atoms with van der Waals surface area (Å²) in [6.07, 6.45) is 1.93. The van der Waals surface area contributed by atoms with Crippen LogP contribution in [0.1, 0.15) is 39.5 Å². The first kappa shape index (κ1) is 20.5. The lowest BCUT2D eigenvalue weighted by Gasteiger charge is -2.45. The summed E-state index contributed by atoms with van der Waals surface area (Å²) in [7, 11) is 2.09. The standard InChI is InChI=1S/C15H31NO6Si/c1-14(18)8-7-12(11-15(14,2)19)13(17)16-9-6-10-23(20-3,21-4)22-5/h12,18-19H,6-11H2,1-5H3,(H,16,17). The van der Waals surface area contributed by atoms with Crippen LogP contribution in [0.2, 0.25) is 6.04 Å². The largest absolute Gasteiger partial charge is 0.500 e. The Kier molecular flexibility index (Phi) is 7.18. The van der Waals surface area contributed by atoms with Crippen molar-refractivity contribution in [1.82, 2.24) is 5.32 Å². The van der Waals surface area contributed by atoms with Crippen LogP contribution < -0.4 is 5.32 Å². The van der Waals surface area contributed by atoms with E-state index in [4.69, 9.17) is 13.3 Å². The van der Waals surface area contributed by atoms with Crippen LogP contribution in [0.25, 0.3) is 0 Å². The summed E-state index contributed by atoms with van der Waals surface area (Å²) in [6, 6.07) is 0.619. The minimum atomic E-state index is -2.60. The van der Waals surface area contributed by atoms with Gasteiger partial charge in [0.2, 0.25) is 5.91 Å². The van der Waals surface area contributed by atoms with Gasteiger partial charge in [-0.25, -0.2) is 0 Å². The quantitative estimate of drug-likeness (QED) is 0.440. The molecule has 1 aliphatic rings. The van der Waals surface area contributed by atoms with Crippen LogP contribution in [0.3, 0.4) is 0 Å². The normalized spacial score (nSPS) is 31.9. The van der Waals surface area contributed by atoms with E-state index in [1.165, 1.54) is 0 Å². The number of amides is 1. The maximum atomic E-state index is 12.2. The molecule has 136 valence electrons. The third-order valence-electron chi connectivity index (χ3n) is 5.05. The van der Waals surface area contributed by atoms with Crippen LogP contribution in [0.15, 0.2) is 0 Å². The molecular formula is C15H31NO6Si. The average molecular weight is 350 g/mol. The summed E-state index contributed by atoms with van der Waals surface area (Å²) >= 11 is 0. The second-order valence-corrected chi connectivity index (χ2v) is 9.77. The number of aliphatic hydroxyl groups is 2. The van der Waals surface area contributed by atoms with E-state index in [2.05, 4.69) is 5.32 Å². The SMILES string of the molecule is CO[Si](CCCNC(=O)C1CCC(C)(O)C(C)(O)C1)(OC)OC. The number of hydrogen-bond donors (Lipinski definition) is 3. The Bertz CT molecular complexity index is 389.